The third-order valence-corrected chi connectivity index (χ3v) is 4.59. The SMILES string of the molecule is CC/C(=C/CC1(OC(=O)Cl)CC=C(C)C1(C)C)CO. The first-order valence-corrected chi connectivity index (χ1v) is 7.01. The Kier molecular flexibility index (Phi) is 5.22. The van der Waals surface area contributed by atoms with E-state index in [1.807, 2.05) is 19.9 Å². The van der Waals surface area contributed by atoms with E-state index in [2.05, 4.69) is 19.9 Å². The van der Waals surface area contributed by atoms with Crippen LogP contribution >= 0.6 is 11.6 Å². The Morgan fingerprint density at radius 3 is 2.58 bits per heavy atom. The highest BCUT2D eigenvalue weighted by Gasteiger charge is 2.51. The standard InChI is InChI=1S/C15H23ClO3/c1-5-12(10-17)7-9-15(19-13(16)18)8-6-11(2)14(15,3)4/h6-7,17H,5,8-10H2,1-4H3/b12-7-. The average molecular weight is 287 g/mol. The molecule has 1 N–H and O–H groups in total. The predicted octanol–water partition coefficient (Wildman–Crippen LogP) is 4.20. The first-order valence-electron chi connectivity index (χ1n) is 6.63. The monoisotopic (exact) mass is 286 g/mol. The van der Waals surface area contributed by atoms with Crippen LogP contribution in [-0.2, 0) is 4.74 Å². The lowest BCUT2D eigenvalue weighted by molar-refractivity contribution is -0.0346. The van der Waals surface area contributed by atoms with E-state index in [-0.39, 0.29) is 12.0 Å². The molecule has 0 heterocycles. The Morgan fingerprint density at radius 2 is 2.21 bits per heavy atom. The largest absolute Gasteiger partial charge is 0.445 e. The molecule has 0 saturated heterocycles. The van der Waals surface area contributed by atoms with Crippen molar-refractivity contribution in [1.82, 2.24) is 0 Å². The minimum absolute atomic E-state index is 0.0360. The van der Waals surface area contributed by atoms with Crippen molar-refractivity contribution >= 4 is 17.0 Å². The second-order valence-electron chi connectivity index (χ2n) is 5.63. The van der Waals surface area contributed by atoms with E-state index in [0.717, 1.165) is 12.0 Å². The molecular weight excluding hydrogens is 264 g/mol. The Morgan fingerprint density at radius 1 is 1.58 bits per heavy atom. The van der Waals surface area contributed by atoms with Gasteiger partial charge in [0.1, 0.15) is 5.60 Å². The van der Waals surface area contributed by atoms with Crippen LogP contribution in [0, 0.1) is 5.41 Å². The van der Waals surface area contributed by atoms with E-state index >= 15 is 0 Å². The zero-order valence-electron chi connectivity index (χ0n) is 12.1. The van der Waals surface area contributed by atoms with Gasteiger partial charge in [0.25, 0.3) is 0 Å². The highest BCUT2D eigenvalue weighted by molar-refractivity contribution is 6.61. The van der Waals surface area contributed by atoms with Crippen LogP contribution in [-0.4, -0.2) is 22.7 Å². The molecule has 1 aliphatic rings. The van der Waals surface area contributed by atoms with E-state index in [0.29, 0.717) is 12.8 Å². The van der Waals surface area contributed by atoms with Gasteiger partial charge in [-0.25, -0.2) is 4.79 Å². The fourth-order valence-electron chi connectivity index (χ4n) is 2.52. The number of halogens is 1. The van der Waals surface area contributed by atoms with Crippen molar-refractivity contribution in [1.29, 1.82) is 0 Å². The quantitative estimate of drug-likeness (QED) is 0.609. The second-order valence-corrected chi connectivity index (χ2v) is 5.94. The molecule has 0 aromatic rings. The molecule has 0 fully saturated rings. The molecule has 0 amide bonds. The summed E-state index contributed by atoms with van der Waals surface area (Å²) in [5, 5.41) is 9.23. The van der Waals surface area contributed by atoms with Crippen LogP contribution in [0.3, 0.4) is 0 Å². The van der Waals surface area contributed by atoms with Crippen LogP contribution in [0.5, 0.6) is 0 Å². The Labute approximate surface area is 120 Å². The zero-order valence-corrected chi connectivity index (χ0v) is 12.9. The maximum Gasteiger partial charge on any atom is 0.404 e. The number of hydrogen-bond donors (Lipinski definition) is 1. The molecule has 1 rings (SSSR count). The van der Waals surface area contributed by atoms with Crippen molar-refractivity contribution in [3.63, 3.8) is 0 Å². The van der Waals surface area contributed by atoms with Crippen molar-refractivity contribution in [2.24, 2.45) is 5.41 Å². The van der Waals surface area contributed by atoms with Gasteiger partial charge < -0.3 is 9.84 Å². The number of carbonyl (C=O) groups is 1. The van der Waals surface area contributed by atoms with Crippen LogP contribution in [0.4, 0.5) is 4.79 Å². The summed E-state index contributed by atoms with van der Waals surface area (Å²) in [7, 11) is 0. The lowest BCUT2D eigenvalue weighted by atomic mass is 9.72. The van der Waals surface area contributed by atoms with Gasteiger partial charge in [-0.15, -0.1) is 0 Å². The lowest BCUT2D eigenvalue weighted by Gasteiger charge is -2.41. The van der Waals surface area contributed by atoms with Crippen LogP contribution < -0.4 is 0 Å². The summed E-state index contributed by atoms with van der Waals surface area (Å²) in [5.74, 6) is 0. The molecule has 0 aromatic heterocycles. The highest BCUT2D eigenvalue weighted by atomic mass is 35.5. The summed E-state index contributed by atoms with van der Waals surface area (Å²) in [6.45, 7) is 8.19. The van der Waals surface area contributed by atoms with Gasteiger partial charge >= 0.3 is 5.43 Å². The molecule has 0 bridgehead atoms. The third kappa shape index (κ3) is 3.21. The highest BCUT2D eigenvalue weighted by Crippen LogP contribution is 2.51. The number of aliphatic hydroxyl groups excluding tert-OH is 1. The third-order valence-electron chi connectivity index (χ3n) is 4.52. The molecule has 0 spiro atoms. The van der Waals surface area contributed by atoms with Crippen molar-refractivity contribution in [2.45, 2.75) is 52.6 Å². The van der Waals surface area contributed by atoms with E-state index in [1.165, 1.54) is 5.57 Å². The van der Waals surface area contributed by atoms with Crippen LogP contribution in [0.2, 0.25) is 0 Å². The number of carbonyl (C=O) groups excluding carboxylic acids is 1. The van der Waals surface area contributed by atoms with Gasteiger partial charge in [0.15, 0.2) is 0 Å². The summed E-state index contributed by atoms with van der Waals surface area (Å²) in [4.78, 5) is 11.2. The summed E-state index contributed by atoms with van der Waals surface area (Å²) in [6.07, 6.45) is 6.07. The number of aliphatic hydroxyl groups is 1. The maximum atomic E-state index is 11.2. The Bertz CT molecular complexity index is 404. The minimum Gasteiger partial charge on any atom is -0.445 e. The number of hydrogen-bond acceptors (Lipinski definition) is 3. The average Bonchev–Trinajstić information content (AvgIpc) is 2.54. The van der Waals surface area contributed by atoms with Gasteiger partial charge in [-0.05, 0) is 18.9 Å². The molecule has 19 heavy (non-hydrogen) atoms. The van der Waals surface area contributed by atoms with E-state index in [1.54, 1.807) is 0 Å². The Hall–Kier alpha value is -0.800. The van der Waals surface area contributed by atoms with Gasteiger partial charge in [0.05, 0.1) is 6.61 Å². The molecule has 0 radical (unpaired) electrons. The molecule has 1 aliphatic carbocycles. The molecule has 0 saturated carbocycles. The van der Waals surface area contributed by atoms with Gasteiger partial charge in [0.2, 0.25) is 0 Å². The molecule has 1 unspecified atom stereocenters. The van der Waals surface area contributed by atoms with Crippen LogP contribution in [0.15, 0.2) is 23.3 Å². The first-order chi connectivity index (χ1) is 8.79. The Balaban J connectivity index is 3.03. The van der Waals surface area contributed by atoms with Crippen molar-refractivity contribution in [3.05, 3.63) is 23.3 Å². The summed E-state index contributed by atoms with van der Waals surface area (Å²) in [5.41, 5.74) is 0.464. The number of rotatable bonds is 5. The predicted molar refractivity (Wildman–Crippen MR) is 77.3 cm³/mol. The topological polar surface area (TPSA) is 46.5 Å². The van der Waals surface area contributed by atoms with E-state index in [4.69, 9.17) is 16.3 Å². The second kappa shape index (κ2) is 6.10. The van der Waals surface area contributed by atoms with E-state index < -0.39 is 11.0 Å². The van der Waals surface area contributed by atoms with Crippen LogP contribution in [0.1, 0.15) is 47.0 Å². The minimum atomic E-state index is -0.772. The first kappa shape index (κ1) is 16.3. The van der Waals surface area contributed by atoms with E-state index in [9.17, 15) is 9.90 Å². The van der Waals surface area contributed by atoms with Gasteiger partial charge in [-0.1, -0.05) is 38.5 Å². The van der Waals surface area contributed by atoms with Gasteiger partial charge in [-0.2, -0.15) is 0 Å². The smallest absolute Gasteiger partial charge is 0.404 e. The van der Waals surface area contributed by atoms with Crippen molar-refractivity contribution < 1.29 is 14.6 Å². The molecule has 3 nitrogen and oxygen atoms in total. The lowest BCUT2D eigenvalue weighted by Crippen LogP contribution is -2.44. The van der Waals surface area contributed by atoms with Gasteiger partial charge in [0, 0.05) is 29.9 Å². The molecule has 0 aliphatic heterocycles. The van der Waals surface area contributed by atoms with Crippen LogP contribution in [0.25, 0.3) is 0 Å². The zero-order chi connectivity index (χ0) is 14.7. The fourth-order valence-corrected chi connectivity index (χ4v) is 2.67. The molecule has 4 heteroatoms. The summed E-state index contributed by atoms with van der Waals surface area (Å²) < 4.78 is 5.47. The fraction of sp³-hybridized carbons (Fsp3) is 0.667. The van der Waals surface area contributed by atoms with Gasteiger partial charge in [-0.3, -0.25) is 0 Å². The molecule has 1 atom stereocenters. The summed E-state index contributed by atoms with van der Waals surface area (Å²) in [6, 6.07) is 0. The summed E-state index contributed by atoms with van der Waals surface area (Å²) >= 11 is 5.45. The van der Waals surface area contributed by atoms with Crippen molar-refractivity contribution in [2.75, 3.05) is 6.61 Å². The molecule has 108 valence electrons. The maximum absolute atomic E-state index is 11.2. The number of ether oxygens (including phenoxy) is 1. The van der Waals surface area contributed by atoms with Crippen molar-refractivity contribution in [3.8, 4) is 0 Å². The molecule has 0 aromatic carbocycles. The molecular formula is C15H23ClO3. The normalized spacial score (nSPS) is 26.2.